The van der Waals surface area contributed by atoms with Gasteiger partial charge < -0.3 is 0 Å². The summed E-state index contributed by atoms with van der Waals surface area (Å²) < 4.78 is 0. The average Bonchev–Trinajstić information content (AvgIpc) is 2.74. The van der Waals surface area contributed by atoms with Crippen molar-refractivity contribution in [1.29, 1.82) is 0 Å². The van der Waals surface area contributed by atoms with Gasteiger partial charge >= 0.3 is 0 Å². The SMILES string of the molecule is CCCCN1C(=O)C(C)(CCCC)C(=O)N1Cc1ccccc1. The molecule has 126 valence electrons. The van der Waals surface area contributed by atoms with Crippen LogP contribution >= 0.6 is 0 Å². The topological polar surface area (TPSA) is 40.6 Å². The Hall–Kier alpha value is -1.84. The fourth-order valence-electron chi connectivity index (χ4n) is 3.07. The van der Waals surface area contributed by atoms with Crippen molar-refractivity contribution in [3.05, 3.63) is 35.9 Å². The summed E-state index contributed by atoms with van der Waals surface area (Å²) in [4.78, 5) is 25.9. The van der Waals surface area contributed by atoms with Crippen LogP contribution in [0.4, 0.5) is 0 Å². The fourth-order valence-corrected chi connectivity index (χ4v) is 3.07. The fraction of sp³-hybridized carbons (Fsp3) is 0.579. The second kappa shape index (κ2) is 7.62. The molecule has 0 aliphatic carbocycles. The minimum Gasteiger partial charge on any atom is -0.272 e. The lowest BCUT2D eigenvalue weighted by atomic mass is 9.84. The number of hydrogen-bond acceptors (Lipinski definition) is 2. The van der Waals surface area contributed by atoms with Crippen molar-refractivity contribution >= 4 is 11.8 Å². The first-order valence-electron chi connectivity index (χ1n) is 8.72. The zero-order valence-corrected chi connectivity index (χ0v) is 14.5. The Labute approximate surface area is 139 Å². The van der Waals surface area contributed by atoms with Gasteiger partial charge in [-0.1, -0.05) is 63.4 Å². The highest BCUT2D eigenvalue weighted by Crippen LogP contribution is 2.37. The number of hydrazine groups is 1. The van der Waals surface area contributed by atoms with Crippen LogP contribution in [0, 0.1) is 5.41 Å². The molecule has 1 saturated heterocycles. The summed E-state index contributed by atoms with van der Waals surface area (Å²) in [5, 5.41) is 3.36. The summed E-state index contributed by atoms with van der Waals surface area (Å²) in [6.45, 7) is 7.09. The molecule has 4 nitrogen and oxygen atoms in total. The van der Waals surface area contributed by atoms with E-state index in [4.69, 9.17) is 0 Å². The average molecular weight is 316 g/mol. The second-order valence-electron chi connectivity index (χ2n) is 6.57. The second-order valence-corrected chi connectivity index (χ2v) is 6.57. The van der Waals surface area contributed by atoms with Crippen molar-refractivity contribution in [2.24, 2.45) is 5.41 Å². The summed E-state index contributed by atoms with van der Waals surface area (Å²) in [5.41, 5.74) is 0.160. The summed E-state index contributed by atoms with van der Waals surface area (Å²) in [5.74, 6) is -0.0729. The molecule has 0 saturated carbocycles. The molecule has 1 heterocycles. The molecule has 0 aromatic heterocycles. The van der Waals surface area contributed by atoms with Gasteiger partial charge in [0, 0.05) is 6.54 Å². The molecule has 0 radical (unpaired) electrons. The maximum atomic E-state index is 13.0. The minimum absolute atomic E-state index is 0.0275. The lowest BCUT2D eigenvalue weighted by molar-refractivity contribution is -0.148. The van der Waals surface area contributed by atoms with Gasteiger partial charge in [0.05, 0.1) is 6.54 Å². The number of rotatable bonds is 8. The van der Waals surface area contributed by atoms with Gasteiger partial charge in [0.1, 0.15) is 5.41 Å². The van der Waals surface area contributed by atoms with Gasteiger partial charge in [0.15, 0.2) is 0 Å². The van der Waals surface area contributed by atoms with Gasteiger partial charge in [-0.25, -0.2) is 5.01 Å². The molecule has 0 spiro atoms. The van der Waals surface area contributed by atoms with Gasteiger partial charge in [-0.15, -0.1) is 0 Å². The third kappa shape index (κ3) is 3.57. The minimum atomic E-state index is -0.890. The standard InChI is InChI=1S/C19H28N2O2/c1-4-6-13-19(3)17(22)20(14-7-5-2)21(18(19)23)15-16-11-9-8-10-12-16/h8-12H,4-7,13-15H2,1-3H3. The smallest absolute Gasteiger partial charge is 0.256 e. The third-order valence-corrected chi connectivity index (χ3v) is 4.63. The zero-order valence-electron chi connectivity index (χ0n) is 14.5. The van der Waals surface area contributed by atoms with Crippen molar-refractivity contribution in [3.63, 3.8) is 0 Å². The monoisotopic (exact) mass is 316 g/mol. The Morgan fingerprint density at radius 1 is 0.913 bits per heavy atom. The molecule has 1 unspecified atom stereocenters. The van der Waals surface area contributed by atoms with E-state index in [1.54, 1.807) is 10.0 Å². The normalized spacial score (nSPS) is 21.3. The van der Waals surface area contributed by atoms with E-state index in [2.05, 4.69) is 13.8 Å². The highest BCUT2D eigenvalue weighted by Gasteiger charge is 2.54. The number of amides is 2. The quantitative estimate of drug-likeness (QED) is 0.685. The predicted octanol–water partition coefficient (Wildman–Crippen LogP) is 3.77. The van der Waals surface area contributed by atoms with Gasteiger partial charge in [0.25, 0.3) is 11.8 Å². The van der Waals surface area contributed by atoms with Crippen LogP contribution in [-0.2, 0) is 16.1 Å². The number of nitrogens with zero attached hydrogens (tertiary/aromatic N) is 2. The molecule has 1 aromatic rings. The Bertz CT molecular complexity index is 544. The number of carbonyl (C=O) groups excluding carboxylic acids is 2. The first-order chi connectivity index (χ1) is 11.0. The third-order valence-electron chi connectivity index (χ3n) is 4.63. The molecule has 1 fully saturated rings. The van der Waals surface area contributed by atoms with E-state index < -0.39 is 5.41 Å². The van der Waals surface area contributed by atoms with E-state index in [9.17, 15) is 9.59 Å². The molecule has 0 bridgehead atoms. The van der Waals surface area contributed by atoms with Crippen molar-refractivity contribution in [2.75, 3.05) is 6.54 Å². The van der Waals surface area contributed by atoms with Crippen LogP contribution in [0.2, 0.25) is 0 Å². The molecule has 1 atom stereocenters. The Balaban J connectivity index is 2.25. The van der Waals surface area contributed by atoms with Crippen molar-refractivity contribution < 1.29 is 9.59 Å². The maximum Gasteiger partial charge on any atom is 0.256 e. The summed E-state index contributed by atoms with van der Waals surface area (Å²) in [7, 11) is 0. The first kappa shape index (κ1) is 17.5. The van der Waals surface area contributed by atoms with Gasteiger partial charge in [0.2, 0.25) is 0 Å². The molecule has 0 N–H and O–H groups in total. The largest absolute Gasteiger partial charge is 0.272 e. The first-order valence-corrected chi connectivity index (χ1v) is 8.72. The Morgan fingerprint density at radius 3 is 2.13 bits per heavy atom. The number of benzene rings is 1. The molecular weight excluding hydrogens is 288 g/mol. The number of carbonyl (C=O) groups is 2. The molecule has 1 aliphatic heterocycles. The highest BCUT2D eigenvalue weighted by atomic mass is 16.2. The number of unbranched alkanes of at least 4 members (excludes halogenated alkanes) is 2. The molecular formula is C19H28N2O2. The number of hydrogen-bond donors (Lipinski definition) is 0. The molecule has 23 heavy (non-hydrogen) atoms. The van der Waals surface area contributed by atoms with Crippen molar-refractivity contribution in [1.82, 2.24) is 10.0 Å². The van der Waals surface area contributed by atoms with Crippen LogP contribution in [0.25, 0.3) is 0 Å². The van der Waals surface area contributed by atoms with Crippen molar-refractivity contribution in [2.45, 2.75) is 59.4 Å². The van der Waals surface area contributed by atoms with E-state index in [0.717, 1.165) is 31.2 Å². The molecule has 2 rings (SSSR count). The van der Waals surface area contributed by atoms with Crippen LogP contribution in [0.15, 0.2) is 30.3 Å². The lowest BCUT2D eigenvalue weighted by Gasteiger charge is -2.27. The van der Waals surface area contributed by atoms with Crippen molar-refractivity contribution in [3.8, 4) is 0 Å². The molecule has 4 heteroatoms. The van der Waals surface area contributed by atoms with Gasteiger partial charge in [-0.2, -0.15) is 0 Å². The molecule has 1 aliphatic rings. The van der Waals surface area contributed by atoms with E-state index in [0.29, 0.717) is 19.5 Å². The molecule has 2 amide bonds. The van der Waals surface area contributed by atoms with Crippen LogP contribution < -0.4 is 0 Å². The van der Waals surface area contributed by atoms with Crippen LogP contribution in [0.1, 0.15) is 58.4 Å². The predicted molar refractivity (Wildman–Crippen MR) is 91.2 cm³/mol. The highest BCUT2D eigenvalue weighted by molar-refractivity contribution is 6.09. The van der Waals surface area contributed by atoms with E-state index in [-0.39, 0.29) is 11.8 Å². The van der Waals surface area contributed by atoms with Crippen LogP contribution in [0.5, 0.6) is 0 Å². The van der Waals surface area contributed by atoms with Crippen LogP contribution in [0.3, 0.4) is 0 Å². The Kier molecular flexibility index (Phi) is 5.80. The van der Waals surface area contributed by atoms with E-state index in [1.165, 1.54) is 0 Å². The van der Waals surface area contributed by atoms with Gasteiger partial charge in [-0.05, 0) is 25.3 Å². The summed E-state index contributed by atoms with van der Waals surface area (Å²) >= 11 is 0. The molecule has 1 aromatic carbocycles. The Morgan fingerprint density at radius 2 is 1.52 bits per heavy atom. The maximum absolute atomic E-state index is 13.0. The van der Waals surface area contributed by atoms with Gasteiger partial charge in [-0.3, -0.25) is 14.6 Å². The lowest BCUT2D eigenvalue weighted by Crippen LogP contribution is -2.40. The summed E-state index contributed by atoms with van der Waals surface area (Å²) in [6, 6.07) is 9.88. The van der Waals surface area contributed by atoms with E-state index in [1.807, 2.05) is 37.3 Å². The zero-order chi connectivity index (χ0) is 16.9. The summed E-state index contributed by atoms with van der Waals surface area (Å²) in [6.07, 6.45) is 4.44. The van der Waals surface area contributed by atoms with E-state index >= 15 is 0 Å². The van der Waals surface area contributed by atoms with Crippen LogP contribution in [-0.4, -0.2) is 28.4 Å².